The van der Waals surface area contributed by atoms with Crippen LogP contribution >= 0.6 is 0 Å². The Balaban J connectivity index is 1.95. The molecule has 0 aliphatic heterocycles. The number of hydrogen-bond donors (Lipinski definition) is 0. The average molecular weight is 581 g/mol. The van der Waals surface area contributed by atoms with E-state index in [9.17, 15) is 19.2 Å². The number of carbonyl (C=O) groups excluding carboxylic acids is 4. The number of benzene rings is 2. The van der Waals surface area contributed by atoms with E-state index in [1.54, 1.807) is 42.5 Å². The van der Waals surface area contributed by atoms with Gasteiger partial charge in [-0.3, -0.25) is 0 Å². The Morgan fingerprint density at radius 3 is 1.55 bits per heavy atom. The van der Waals surface area contributed by atoms with Crippen LogP contribution in [0.15, 0.2) is 93.1 Å². The Kier molecular flexibility index (Phi) is 13.6. The first-order chi connectivity index (χ1) is 20.2. The molecule has 0 bridgehead atoms. The summed E-state index contributed by atoms with van der Waals surface area (Å²) in [5.74, 6) is -0.658. The maximum absolute atomic E-state index is 11.6. The van der Waals surface area contributed by atoms with Crippen LogP contribution in [0.3, 0.4) is 0 Å². The van der Waals surface area contributed by atoms with Gasteiger partial charge in [-0.1, -0.05) is 26.3 Å². The topological polar surface area (TPSA) is 133 Å². The first-order valence-corrected chi connectivity index (χ1v) is 12.6. The number of aryl methyl sites for hydroxylation is 1. The number of rotatable bonds is 18. The lowest BCUT2D eigenvalue weighted by Crippen LogP contribution is -2.30. The van der Waals surface area contributed by atoms with E-state index >= 15 is 0 Å². The Morgan fingerprint density at radius 2 is 1.07 bits per heavy atom. The van der Waals surface area contributed by atoms with Gasteiger partial charge in [-0.05, 0) is 55.0 Å². The van der Waals surface area contributed by atoms with Crippen LogP contribution in [0.4, 0.5) is 0 Å². The molecule has 42 heavy (non-hydrogen) atoms. The highest BCUT2D eigenvalue weighted by molar-refractivity contribution is 5.82. The average Bonchev–Trinajstić information content (AvgIpc) is 3.00. The third-order valence-electron chi connectivity index (χ3n) is 5.12. The van der Waals surface area contributed by atoms with Gasteiger partial charge in [0.05, 0.1) is 0 Å². The normalized spacial score (nSPS) is 11.5. The van der Waals surface area contributed by atoms with Crippen molar-refractivity contribution < 1.29 is 52.3 Å². The zero-order valence-corrected chi connectivity index (χ0v) is 23.2. The highest BCUT2D eigenvalue weighted by atomic mass is 16.6. The van der Waals surface area contributed by atoms with E-state index < -0.39 is 36.1 Å². The maximum Gasteiger partial charge on any atom is 0.330 e. The van der Waals surface area contributed by atoms with Crippen LogP contribution in [0, 0.1) is 6.92 Å². The van der Waals surface area contributed by atoms with Gasteiger partial charge in [-0.2, -0.15) is 0 Å². The largest absolute Gasteiger partial charge is 0.490 e. The van der Waals surface area contributed by atoms with Crippen molar-refractivity contribution in [3.63, 3.8) is 0 Å². The van der Waals surface area contributed by atoms with Crippen LogP contribution in [-0.4, -0.2) is 62.5 Å². The standard InChI is InChI=1S/C31H32O11/c1-6-28(32)38-19-25(41-30(34)8-3)17-36-22-10-12-23(13-11-22)40-24-14-15-27(21(5)16-24)37-18-26(42-31(35)9-4)20-39-29(33)7-2/h6-16,25-26H,1-4,17-20H2,5H3. The molecule has 2 atom stereocenters. The molecular formula is C31H32O11. The Hall–Kier alpha value is -5.32. The molecular weight excluding hydrogens is 548 g/mol. The van der Waals surface area contributed by atoms with E-state index in [-0.39, 0.29) is 26.4 Å². The molecule has 2 rings (SSSR count). The van der Waals surface area contributed by atoms with Crippen molar-refractivity contribution in [2.45, 2.75) is 19.1 Å². The summed E-state index contributed by atoms with van der Waals surface area (Å²) in [6.07, 6.45) is 2.28. The summed E-state index contributed by atoms with van der Waals surface area (Å²) in [6, 6.07) is 11.8. The van der Waals surface area contributed by atoms with Crippen molar-refractivity contribution in [3.05, 3.63) is 98.6 Å². The molecule has 0 aliphatic rings. The van der Waals surface area contributed by atoms with Crippen molar-refractivity contribution >= 4 is 23.9 Å². The molecule has 2 unspecified atom stereocenters. The zero-order valence-electron chi connectivity index (χ0n) is 23.2. The van der Waals surface area contributed by atoms with Gasteiger partial charge in [0.25, 0.3) is 0 Å². The van der Waals surface area contributed by atoms with Gasteiger partial charge in [-0.15, -0.1) is 0 Å². The molecule has 11 nitrogen and oxygen atoms in total. The summed E-state index contributed by atoms with van der Waals surface area (Å²) in [4.78, 5) is 45.9. The van der Waals surface area contributed by atoms with Crippen LogP contribution in [0.25, 0.3) is 0 Å². The zero-order chi connectivity index (χ0) is 30.9. The monoisotopic (exact) mass is 580 g/mol. The molecule has 0 saturated carbocycles. The number of esters is 4. The fourth-order valence-electron chi connectivity index (χ4n) is 3.08. The smallest absolute Gasteiger partial charge is 0.330 e. The lowest BCUT2D eigenvalue weighted by atomic mass is 10.2. The molecule has 0 spiro atoms. The van der Waals surface area contributed by atoms with Gasteiger partial charge in [0.1, 0.15) is 49.4 Å². The molecule has 0 heterocycles. The highest BCUT2D eigenvalue weighted by Crippen LogP contribution is 2.28. The summed E-state index contributed by atoms with van der Waals surface area (Å²) in [5, 5.41) is 0. The van der Waals surface area contributed by atoms with E-state index in [0.29, 0.717) is 23.0 Å². The Labute approximate surface area is 243 Å². The fourth-order valence-corrected chi connectivity index (χ4v) is 3.08. The van der Waals surface area contributed by atoms with Gasteiger partial charge < -0.3 is 33.2 Å². The molecule has 2 aromatic carbocycles. The van der Waals surface area contributed by atoms with Crippen molar-refractivity contribution in [1.29, 1.82) is 0 Å². The van der Waals surface area contributed by atoms with Gasteiger partial charge >= 0.3 is 23.9 Å². The van der Waals surface area contributed by atoms with E-state index in [4.69, 9.17) is 33.2 Å². The lowest BCUT2D eigenvalue weighted by Gasteiger charge is -2.18. The van der Waals surface area contributed by atoms with Crippen LogP contribution in [0.1, 0.15) is 5.56 Å². The van der Waals surface area contributed by atoms with Gasteiger partial charge in [-0.25, -0.2) is 19.2 Å². The summed E-state index contributed by atoms with van der Waals surface area (Å²) in [7, 11) is 0. The quantitative estimate of drug-likeness (QED) is 0.143. The second kappa shape index (κ2) is 17.4. The van der Waals surface area contributed by atoms with Crippen molar-refractivity contribution in [2.75, 3.05) is 26.4 Å². The molecule has 222 valence electrons. The molecule has 0 N–H and O–H groups in total. The number of hydrogen-bond acceptors (Lipinski definition) is 11. The lowest BCUT2D eigenvalue weighted by molar-refractivity contribution is -0.154. The minimum atomic E-state index is -0.859. The molecule has 0 radical (unpaired) electrons. The first kappa shape index (κ1) is 32.9. The van der Waals surface area contributed by atoms with E-state index in [0.717, 1.165) is 29.9 Å². The minimum Gasteiger partial charge on any atom is -0.490 e. The minimum absolute atomic E-state index is 0.0726. The van der Waals surface area contributed by atoms with Crippen LogP contribution in [-0.2, 0) is 38.1 Å². The third-order valence-corrected chi connectivity index (χ3v) is 5.12. The highest BCUT2D eigenvalue weighted by Gasteiger charge is 2.18. The van der Waals surface area contributed by atoms with E-state index in [1.165, 1.54) is 0 Å². The number of carbonyl (C=O) groups is 4. The summed E-state index contributed by atoms with van der Waals surface area (Å²) >= 11 is 0. The number of ether oxygens (including phenoxy) is 7. The fraction of sp³-hybridized carbons (Fsp3) is 0.226. The molecule has 0 saturated heterocycles. The molecule has 11 heteroatoms. The SMILES string of the molecule is C=CC(=O)OCC(COc1ccc(Oc2ccc(OCC(COC(=O)C=C)OC(=O)C=C)c(C)c2)cc1)OC(=O)C=C. The van der Waals surface area contributed by atoms with E-state index in [1.807, 2.05) is 6.92 Å². The van der Waals surface area contributed by atoms with Gasteiger partial charge in [0, 0.05) is 24.3 Å². The van der Waals surface area contributed by atoms with Crippen LogP contribution in [0.2, 0.25) is 0 Å². The molecule has 0 amide bonds. The molecule has 0 aliphatic carbocycles. The van der Waals surface area contributed by atoms with Gasteiger partial charge in [0.15, 0.2) is 12.2 Å². The summed E-state index contributed by atoms with van der Waals surface area (Å²) in [6.45, 7) is 14.6. The van der Waals surface area contributed by atoms with Crippen molar-refractivity contribution in [1.82, 2.24) is 0 Å². The Bertz CT molecular complexity index is 1280. The maximum atomic E-state index is 11.6. The van der Waals surface area contributed by atoms with E-state index in [2.05, 4.69) is 26.3 Å². The van der Waals surface area contributed by atoms with Crippen LogP contribution < -0.4 is 14.2 Å². The predicted molar refractivity (Wildman–Crippen MR) is 151 cm³/mol. The second-order valence-electron chi connectivity index (χ2n) is 8.32. The second-order valence-corrected chi connectivity index (χ2v) is 8.32. The molecule has 2 aromatic rings. The first-order valence-electron chi connectivity index (χ1n) is 12.6. The summed E-state index contributed by atoms with van der Waals surface area (Å²) in [5.41, 5.74) is 0.738. The molecule has 0 fully saturated rings. The van der Waals surface area contributed by atoms with Gasteiger partial charge in [0.2, 0.25) is 0 Å². The predicted octanol–water partition coefficient (Wildman–Crippen LogP) is 4.20. The Morgan fingerprint density at radius 1 is 0.619 bits per heavy atom. The summed E-state index contributed by atoms with van der Waals surface area (Å²) < 4.78 is 37.6. The third kappa shape index (κ3) is 11.8. The van der Waals surface area contributed by atoms with Crippen molar-refractivity contribution in [3.8, 4) is 23.0 Å². The van der Waals surface area contributed by atoms with Crippen molar-refractivity contribution in [2.24, 2.45) is 0 Å². The van der Waals surface area contributed by atoms with Crippen LogP contribution in [0.5, 0.6) is 23.0 Å². The molecule has 0 aromatic heterocycles.